The number of hydrogen-bond acceptors (Lipinski definition) is 7. The third kappa shape index (κ3) is 4.40. The number of aromatic amines is 2. The first-order valence-electron chi connectivity index (χ1n) is 12.5. The molecule has 37 heavy (non-hydrogen) atoms. The molecule has 3 N–H and O–H groups in total. The van der Waals surface area contributed by atoms with Crippen LogP contribution in [0.1, 0.15) is 13.8 Å². The first kappa shape index (κ1) is 23.1. The summed E-state index contributed by atoms with van der Waals surface area (Å²) in [6, 6.07) is 9.98. The molecule has 10 nitrogen and oxygen atoms in total. The first-order chi connectivity index (χ1) is 18.0. The molecule has 1 fully saturated rings. The molecule has 0 saturated carbocycles. The Morgan fingerprint density at radius 3 is 2.68 bits per heavy atom. The molecule has 1 saturated heterocycles. The average Bonchev–Trinajstić information content (AvgIpc) is 3.53. The third-order valence-electron chi connectivity index (χ3n) is 6.84. The molecule has 0 atom stereocenters. The number of fused-ring (bicyclic) bond motifs is 2. The summed E-state index contributed by atoms with van der Waals surface area (Å²) in [6.07, 6.45) is 5.28. The number of carbonyl (C=O) groups is 1. The van der Waals surface area contributed by atoms with Gasteiger partial charge in [-0.2, -0.15) is 5.10 Å². The third-order valence-corrected chi connectivity index (χ3v) is 6.84. The number of imidazole rings is 1. The van der Waals surface area contributed by atoms with Crippen molar-refractivity contribution < 1.29 is 4.79 Å². The van der Waals surface area contributed by atoms with Gasteiger partial charge in [0.15, 0.2) is 11.6 Å². The number of likely N-dealkylation sites (N-methyl/N-ethyl adjacent to an activating group) is 1. The van der Waals surface area contributed by atoms with Crippen molar-refractivity contribution >= 4 is 39.3 Å². The SMILES string of the molecule is CC(C)C(=O)Nc1cncc(-c2ccc3[nH]nc(-c4nc5c(N6CCN(C)CC6)nccc5[nH]4)c3c2)c1. The van der Waals surface area contributed by atoms with Crippen LogP contribution in [0.3, 0.4) is 0 Å². The Morgan fingerprint density at radius 2 is 1.86 bits per heavy atom. The fourth-order valence-electron chi connectivity index (χ4n) is 4.61. The molecule has 1 aliphatic rings. The maximum atomic E-state index is 12.1. The van der Waals surface area contributed by atoms with E-state index in [-0.39, 0.29) is 11.8 Å². The van der Waals surface area contributed by atoms with E-state index in [1.54, 1.807) is 12.4 Å². The number of carbonyl (C=O) groups excluding carboxylic acids is 1. The van der Waals surface area contributed by atoms with Gasteiger partial charge in [-0.25, -0.2) is 9.97 Å². The van der Waals surface area contributed by atoms with Crippen LogP contribution < -0.4 is 10.2 Å². The Hall–Kier alpha value is -4.31. The van der Waals surface area contributed by atoms with Gasteiger partial charge in [0.1, 0.15) is 11.2 Å². The normalized spacial score (nSPS) is 14.6. The molecule has 0 unspecified atom stereocenters. The van der Waals surface area contributed by atoms with E-state index >= 15 is 0 Å². The van der Waals surface area contributed by atoms with E-state index in [0.717, 1.165) is 70.8 Å². The number of hydrogen-bond donors (Lipinski definition) is 3. The van der Waals surface area contributed by atoms with Crippen molar-refractivity contribution in [2.24, 2.45) is 5.92 Å². The van der Waals surface area contributed by atoms with E-state index in [1.807, 2.05) is 44.3 Å². The van der Waals surface area contributed by atoms with Crippen molar-refractivity contribution in [3.8, 4) is 22.6 Å². The lowest BCUT2D eigenvalue weighted by Crippen LogP contribution is -2.44. The number of amides is 1. The monoisotopic (exact) mass is 495 g/mol. The highest BCUT2D eigenvalue weighted by atomic mass is 16.1. The minimum absolute atomic E-state index is 0.0400. The zero-order chi connectivity index (χ0) is 25.5. The molecular formula is C27H29N9O. The van der Waals surface area contributed by atoms with Crippen molar-refractivity contribution in [2.45, 2.75) is 13.8 Å². The maximum Gasteiger partial charge on any atom is 0.226 e. The maximum absolute atomic E-state index is 12.1. The number of aromatic nitrogens is 6. The zero-order valence-electron chi connectivity index (χ0n) is 21.1. The number of rotatable bonds is 5. The lowest BCUT2D eigenvalue weighted by Gasteiger charge is -2.33. The summed E-state index contributed by atoms with van der Waals surface area (Å²) in [5, 5.41) is 11.6. The lowest BCUT2D eigenvalue weighted by atomic mass is 10.0. The Kier molecular flexibility index (Phi) is 5.80. The molecule has 188 valence electrons. The molecular weight excluding hydrogens is 466 g/mol. The number of pyridine rings is 2. The van der Waals surface area contributed by atoms with Crippen LogP contribution >= 0.6 is 0 Å². The summed E-state index contributed by atoms with van der Waals surface area (Å²) in [5.41, 5.74) is 5.99. The Morgan fingerprint density at radius 1 is 1.03 bits per heavy atom. The molecule has 0 aliphatic carbocycles. The summed E-state index contributed by atoms with van der Waals surface area (Å²) in [4.78, 5) is 34.2. The van der Waals surface area contributed by atoms with Gasteiger partial charge in [-0.1, -0.05) is 19.9 Å². The van der Waals surface area contributed by atoms with Crippen LogP contribution in [0.2, 0.25) is 0 Å². The molecule has 5 heterocycles. The second-order valence-electron chi connectivity index (χ2n) is 9.85. The van der Waals surface area contributed by atoms with Gasteiger partial charge >= 0.3 is 0 Å². The molecule has 1 aliphatic heterocycles. The topological polar surface area (TPSA) is 119 Å². The summed E-state index contributed by atoms with van der Waals surface area (Å²) in [7, 11) is 2.14. The minimum Gasteiger partial charge on any atom is -0.352 e. The standard InChI is InChI=1S/C27H29N9O/c1-16(2)27(37)30-19-12-18(14-28-15-19)17-4-5-21-20(13-17)23(34-33-21)25-31-22-6-7-29-26(24(22)32-25)36-10-8-35(3)9-11-36/h4-7,12-16H,8-11H2,1-3H3,(H,30,37)(H,31,32)(H,33,34). The number of H-pyrrole nitrogens is 2. The van der Waals surface area contributed by atoms with Gasteiger partial charge in [0.25, 0.3) is 0 Å². The van der Waals surface area contributed by atoms with Gasteiger partial charge < -0.3 is 20.1 Å². The van der Waals surface area contributed by atoms with Crippen LogP contribution in [0.5, 0.6) is 0 Å². The molecule has 1 amide bonds. The van der Waals surface area contributed by atoms with Crippen LogP contribution in [0.4, 0.5) is 11.5 Å². The molecule has 0 radical (unpaired) electrons. The van der Waals surface area contributed by atoms with Crippen molar-refractivity contribution in [1.29, 1.82) is 0 Å². The number of nitrogens with one attached hydrogen (secondary N) is 3. The highest BCUT2D eigenvalue weighted by Gasteiger charge is 2.21. The van der Waals surface area contributed by atoms with E-state index in [1.165, 1.54) is 0 Å². The molecule has 5 aromatic rings. The van der Waals surface area contributed by atoms with Crippen molar-refractivity contribution in [2.75, 3.05) is 43.4 Å². The quantitative estimate of drug-likeness (QED) is 0.338. The molecule has 6 rings (SSSR count). The second-order valence-corrected chi connectivity index (χ2v) is 9.85. The first-order valence-corrected chi connectivity index (χ1v) is 12.5. The summed E-state index contributed by atoms with van der Waals surface area (Å²) >= 11 is 0. The van der Waals surface area contributed by atoms with Crippen LogP contribution in [-0.4, -0.2) is 74.2 Å². The molecule has 1 aromatic carbocycles. The van der Waals surface area contributed by atoms with E-state index in [2.05, 4.69) is 53.4 Å². The number of nitrogens with zero attached hydrogens (tertiary/aromatic N) is 6. The lowest BCUT2D eigenvalue weighted by molar-refractivity contribution is -0.118. The predicted molar refractivity (Wildman–Crippen MR) is 145 cm³/mol. The number of benzene rings is 1. The van der Waals surface area contributed by atoms with Gasteiger partial charge in [-0.15, -0.1) is 0 Å². The van der Waals surface area contributed by atoms with Crippen molar-refractivity contribution in [3.05, 3.63) is 48.9 Å². The Bertz CT molecular complexity index is 1590. The predicted octanol–water partition coefficient (Wildman–Crippen LogP) is 3.91. The summed E-state index contributed by atoms with van der Waals surface area (Å²) in [5.74, 6) is 1.45. The van der Waals surface area contributed by atoms with Crippen molar-refractivity contribution in [1.82, 2.24) is 35.0 Å². The number of piperazine rings is 1. The van der Waals surface area contributed by atoms with Crippen molar-refractivity contribution in [3.63, 3.8) is 0 Å². The minimum atomic E-state index is -0.107. The van der Waals surface area contributed by atoms with E-state index < -0.39 is 0 Å². The second kappa shape index (κ2) is 9.29. The summed E-state index contributed by atoms with van der Waals surface area (Å²) in [6.45, 7) is 7.57. The Labute approximate surface area is 214 Å². The fourth-order valence-corrected chi connectivity index (χ4v) is 4.61. The van der Waals surface area contributed by atoms with Gasteiger partial charge in [0.2, 0.25) is 5.91 Å². The van der Waals surface area contributed by atoms with Gasteiger partial charge in [-0.05, 0) is 36.9 Å². The molecule has 0 bridgehead atoms. The van der Waals surface area contributed by atoms with Crippen LogP contribution in [0.25, 0.3) is 44.6 Å². The summed E-state index contributed by atoms with van der Waals surface area (Å²) < 4.78 is 0. The number of anilines is 2. The molecule has 4 aromatic heterocycles. The van der Waals surface area contributed by atoms with Gasteiger partial charge in [0.05, 0.1) is 22.9 Å². The van der Waals surface area contributed by atoms with E-state index in [0.29, 0.717) is 11.5 Å². The Balaban J connectivity index is 1.36. The highest BCUT2D eigenvalue weighted by Crippen LogP contribution is 2.32. The zero-order valence-corrected chi connectivity index (χ0v) is 21.1. The van der Waals surface area contributed by atoms with Crippen LogP contribution in [-0.2, 0) is 4.79 Å². The molecule has 0 spiro atoms. The fraction of sp³-hybridized carbons (Fsp3) is 0.296. The average molecular weight is 496 g/mol. The highest BCUT2D eigenvalue weighted by molar-refractivity contribution is 5.97. The van der Waals surface area contributed by atoms with Crippen LogP contribution in [0, 0.1) is 5.92 Å². The van der Waals surface area contributed by atoms with Gasteiger partial charge in [0, 0.05) is 55.4 Å². The van der Waals surface area contributed by atoms with E-state index in [9.17, 15) is 4.79 Å². The largest absolute Gasteiger partial charge is 0.352 e. The van der Waals surface area contributed by atoms with E-state index in [4.69, 9.17) is 4.98 Å². The van der Waals surface area contributed by atoms with Crippen LogP contribution in [0.15, 0.2) is 48.9 Å². The molecule has 10 heteroatoms. The smallest absolute Gasteiger partial charge is 0.226 e. The van der Waals surface area contributed by atoms with Gasteiger partial charge in [-0.3, -0.25) is 14.9 Å².